The quantitative estimate of drug-likeness (QED) is 0.0197. The van der Waals surface area contributed by atoms with Crippen molar-refractivity contribution in [2.24, 2.45) is 0 Å². The molecule has 0 saturated carbocycles. The fourth-order valence-corrected chi connectivity index (χ4v) is 6.63. The molecule has 0 aliphatic carbocycles. The highest BCUT2D eigenvalue weighted by molar-refractivity contribution is 5.85. The van der Waals surface area contributed by atoms with Gasteiger partial charge in [-0.3, -0.25) is 14.4 Å². The van der Waals surface area contributed by atoms with Gasteiger partial charge in [-0.25, -0.2) is 19.2 Å². The largest absolute Gasteiger partial charge is 0.460 e. The van der Waals surface area contributed by atoms with Crippen LogP contribution in [0.25, 0.3) is 0 Å². The van der Waals surface area contributed by atoms with Crippen molar-refractivity contribution in [1.29, 1.82) is 0 Å². The second kappa shape index (κ2) is 29.9. The number of aliphatic hydroxyl groups is 1. The molecule has 18 heteroatoms. The Bertz CT molecular complexity index is 1750. The van der Waals surface area contributed by atoms with E-state index >= 15 is 0 Å². The van der Waals surface area contributed by atoms with Crippen LogP contribution >= 0.6 is 0 Å². The summed E-state index contributed by atoms with van der Waals surface area (Å²) in [7, 11) is 0. The smallest absolute Gasteiger partial charge is 0.407 e. The predicted molar refractivity (Wildman–Crippen MR) is 262 cm³/mol. The number of esters is 3. The van der Waals surface area contributed by atoms with Crippen LogP contribution < -0.4 is 26.6 Å². The normalized spacial score (nSPS) is 14.2. The van der Waals surface area contributed by atoms with Crippen LogP contribution in [-0.2, 0) is 54.3 Å². The Hall–Kier alpha value is -4.97. The van der Waals surface area contributed by atoms with Gasteiger partial charge in [0.25, 0.3) is 0 Å². The number of urea groups is 1. The monoisotopic (exact) mass is 978 g/mol. The van der Waals surface area contributed by atoms with Gasteiger partial charge in [0.1, 0.15) is 35.5 Å². The third kappa shape index (κ3) is 31.7. The predicted octanol–water partition coefficient (Wildman–Crippen LogP) is 7.56. The van der Waals surface area contributed by atoms with Crippen molar-refractivity contribution in [3.8, 4) is 0 Å². The van der Waals surface area contributed by atoms with Crippen molar-refractivity contribution in [1.82, 2.24) is 26.6 Å². The minimum absolute atomic E-state index is 0.0798. The van der Waals surface area contributed by atoms with Gasteiger partial charge in [-0.1, -0.05) is 43.2 Å². The molecule has 1 aromatic rings. The molecule has 5 amide bonds. The molecule has 0 aromatic heterocycles. The van der Waals surface area contributed by atoms with Gasteiger partial charge < -0.3 is 55.4 Å². The lowest BCUT2D eigenvalue weighted by molar-refractivity contribution is -0.201. The first-order valence-electron chi connectivity index (χ1n) is 24.5. The fraction of sp³-hybridized carbons (Fsp3) is 0.745. The molecule has 6 N–H and O–H groups in total. The second-order valence-electron chi connectivity index (χ2n) is 21.7. The van der Waals surface area contributed by atoms with Crippen LogP contribution in [0, 0.1) is 0 Å². The number of aliphatic hydroxyl groups excluding tert-OH is 1. The molecule has 69 heavy (non-hydrogen) atoms. The number of amides is 5. The summed E-state index contributed by atoms with van der Waals surface area (Å²) in [6.07, 6.45) is 3.67. The number of unbranched alkanes of at least 4 members (excludes halogenated alkanes) is 5. The Kier molecular flexibility index (Phi) is 26.9. The number of hydrogen-bond acceptors (Lipinski definition) is 13. The minimum Gasteiger partial charge on any atom is -0.460 e. The Morgan fingerprint density at radius 1 is 0.551 bits per heavy atom. The molecule has 1 aromatic carbocycles. The van der Waals surface area contributed by atoms with E-state index in [-0.39, 0.29) is 44.1 Å². The first-order chi connectivity index (χ1) is 31.9. The average molecular weight is 978 g/mol. The van der Waals surface area contributed by atoms with Crippen LogP contribution in [0.15, 0.2) is 30.3 Å². The highest BCUT2D eigenvalue weighted by Gasteiger charge is 2.39. The van der Waals surface area contributed by atoms with Gasteiger partial charge in [0.15, 0.2) is 6.29 Å². The van der Waals surface area contributed by atoms with Gasteiger partial charge in [0.05, 0.1) is 11.1 Å². The van der Waals surface area contributed by atoms with Crippen molar-refractivity contribution in [2.45, 2.75) is 233 Å². The first kappa shape index (κ1) is 62.0. The molecule has 0 spiro atoms. The summed E-state index contributed by atoms with van der Waals surface area (Å²) >= 11 is 0. The first-order valence-corrected chi connectivity index (χ1v) is 24.5. The van der Waals surface area contributed by atoms with Crippen molar-refractivity contribution >= 4 is 41.8 Å². The summed E-state index contributed by atoms with van der Waals surface area (Å²) in [6, 6.07) is 6.55. The third-order valence-electron chi connectivity index (χ3n) is 9.89. The molecule has 0 heterocycles. The molecule has 0 aliphatic rings. The fourth-order valence-electron chi connectivity index (χ4n) is 6.63. The molecule has 0 fully saturated rings. The van der Waals surface area contributed by atoms with Gasteiger partial charge in [-0.05, 0) is 153 Å². The zero-order valence-electron chi connectivity index (χ0n) is 44.0. The molecule has 0 radical (unpaired) electrons. The lowest BCUT2D eigenvalue weighted by Gasteiger charge is -2.38. The summed E-state index contributed by atoms with van der Waals surface area (Å²) in [5.74, 6) is -2.17. The Morgan fingerprint density at radius 3 is 1.62 bits per heavy atom. The van der Waals surface area contributed by atoms with E-state index in [4.69, 9.17) is 23.7 Å². The van der Waals surface area contributed by atoms with Gasteiger partial charge in [0.2, 0.25) is 11.8 Å². The van der Waals surface area contributed by atoms with E-state index in [1.165, 1.54) is 0 Å². The minimum atomic E-state index is -1.44. The molecule has 0 aliphatic heterocycles. The van der Waals surface area contributed by atoms with Crippen LogP contribution in [0.5, 0.6) is 0 Å². The number of carbonyl (C=O) groups excluding carboxylic acids is 7. The third-order valence-corrected chi connectivity index (χ3v) is 9.89. The highest BCUT2D eigenvalue weighted by atomic mass is 16.6. The molecule has 4 atom stereocenters. The van der Waals surface area contributed by atoms with Crippen molar-refractivity contribution < 1.29 is 62.4 Å². The van der Waals surface area contributed by atoms with E-state index in [9.17, 15) is 38.7 Å². The number of hydrogen-bond donors (Lipinski definition) is 6. The Morgan fingerprint density at radius 2 is 1.07 bits per heavy atom. The van der Waals surface area contributed by atoms with E-state index in [0.29, 0.717) is 70.9 Å². The summed E-state index contributed by atoms with van der Waals surface area (Å²) in [6.45, 7) is 23.4. The Labute approximate surface area is 411 Å². The molecule has 1 rings (SSSR count). The Balaban J connectivity index is 2.58. The number of carbonyl (C=O) groups is 7. The number of alkyl carbamates (subject to hydrolysis) is 1. The van der Waals surface area contributed by atoms with Gasteiger partial charge in [-0.2, -0.15) is 0 Å². The van der Waals surface area contributed by atoms with Crippen molar-refractivity contribution in [3.63, 3.8) is 0 Å². The zero-order valence-corrected chi connectivity index (χ0v) is 44.0. The van der Waals surface area contributed by atoms with E-state index in [1.54, 1.807) is 90.0 Å². The van der Waals surface area contributed by atoms with E-state index in [2.05, 4.69) is 26.6 Å². The van der Waals surface area contributed by atoms with Crippen LogP contribution in [0.1, 0.15) is 185 Å². The van der Waals surface area contributed by atoms with Gasteiger partial charge in [0, 0.05) is 32.4 Å². The van der Waals surface area contributed by atoms with Gasteiger partial charge >= 0.3 is 30.0 Å². The number of rotatable bonds is 29. The maximum Gasteiger partial charge on any atom is 0.407 e. The van der Waals surface area contributed by atoms with E-state index < -0.39 is 76.3 Å². The topological polar surface area (TPSA) is 246 Å². The molecule has 1 unspecified atom stereocenters. The number of ether oxygens (including phenoxy) is 5. The lowest BCUT2D eigenvalue weighted by atomic mass is 9.93. The van der Waals surface area contributed by atoms with Crippen molar-refractivity contribution in [3.05, 3.63) is 35.9 Å². The van der Waals surface area contributed by atoms with Crippen LogP contribution in [0.3, 0.4) is 0 Å². The maximum absolute atomic E-state index is 13.5. The molecule has 18 nitrogen and oxygen atoms in total. The summed E-state index contributed by atoms with van der Waals surface area (Å²) in [5, 5.41) is 25.1. The SMILES string of the molecule is CC(C)(C)OC(=O)CC[C@H](NC(=O)N[C@@](C)(CCCCNC(=O)CCCCCCC(=O)N[C@H](CCCCNC(=O)OCc1ccccc1)C(=O)OC(C)(C)C)C(O)OC(C)(C)C)C(=O)OC(C)(C)C. The van der Waals surface area contributed by atoms with Gasteiger partial charge in [-0.15, -0.1) is 0 Å². The van der Waals surface area contributed by atoms with Crippen LogP contribution in [-0.4, -0.2) is 106 Å². The van der Waals surface area contributed by atoms with E-state index in [1.807, 2.05) is 30.3 Å². The maximum atomic E-state index is 13.5. The zero-order chi connectivity index (χ0) is 52.5. The molecular formula is C51H87N5O13. The molecular weight excluding hydrogens is 891 g/mol. The standard InChI is InChI=1S/C51H87N5O13/c1-47(2,3)66-41(59)31-30-38(43(61)68-49(7,8)9)55-45(63)56-51(13,44(62)69-50(10,11)12)32-22-24-33-52-39(57)28-19-14-15-20-29-40(58)54-37(42(60)67-48(4,5)6)27-21-23-34-53-46(64)65-35-36-25-17-16-18-26-36/h16-18,25-26,37-38,44,62H,14-15,19-24,27-35H2,1-13H3,(H,52,57)(H,53,64)(H,54,58)(H2,55,56,63)/t37-,38+,44?,51+/m1/s1. The summed E-state index contributed by atoms with van der Waals surface area (Å²) < 4.78 is 27.5. The molecule has 0 saturated heterocycles. The number of nitrogens with one attached hydrogen (secondary N) is 5. The highest BCUT2D eigenvalue weighted by Crippen LogP contribution is 2.24. The summed E-state index contributed by atoms with van der Waals surface area (Å²) in [4.78, 5) is 89.6. The van der Waals surface area contributed by atoms with Crippen LogP contribution in [0.2, 0.25) is 0 Å². The van der Waals surface area contributed by atoms with E-state index in [0.717, 1.165) is 12.0 Å². The average Bonchev–Trinajstić information content (AvgIpc) is 3.19. The van der Waals surface area contributed by atoms with Crippen molar-refractivity contribution in [2.75, 3.05) is 13.1 Å². The molecule has 394 valence electrons. The molecule has 0 bridgehead atoms. The number of benzene rings is 1. The van der Waals surface area contributed by atoms with Crippen LogP contribution in [0.4, 0.5) is 9.59 Å². The lowest BCUT2D eigenvalue weighted by Crippen LogP contribution is -2.60. The second-order valence-corrected chi connectivity index (χ2v) is 21.7. The summed E-state index contributed by atoms with van der Waals surface area (Å²) in [5.41, 5.74) is -3.52.